The third-order valence-electron chi connectivity index (χ3n) is 1.99. The Labute approximate surface area is 77.6 Å². The number of aliphatic hydroxyl groups excluding tert-OH is 1. The summed E-state index contributed by atoms with van der Waals surface area (Å²) in [5.41, 5.74) is 12.7. The normalized spacial score (nSPS) is 15.4. The van der Waals surface area contributed by atoms with Crippen LogP contribution in [-0.4, -0.2) is 16.1 Å². The molecular formula is C9H15N3O. The molecule has 5 N–H and O–H groups in total. The molecule has 4 nitrogen and oxygen atoms in total. The number of nitrogen functional groups attached to an aromatic ring is 1. The van der Waals surface area contributed by atoms with Crippen molar-refractivity contribution < 1.29 is 5.11 Å². The van der Waals surface area contributed by atoms with Crippen molar-refractivity contribution in [1.29, 1.82) is 0 Å². The Hall–Kier alpha value is -1.13. The van der Waals surface area contributed by atoms with Crippen molar-refractivity contribution in [1.82, 2.24) is 4.98 Å². The summed E-state index contributed by atoms with van der Waals surface area (Å²) in [6, 6.07) is 1.42. The van der Waals surface area contributed by atoms with Gasteiger partial charge in [-0.25, -0.2) is 4.98 Å². The summed E-state index contributed by atoms with van der Waals surface area (Å²) in [5, 5.41) is 9.66. The Kier molecular flexibility index (Phi) is 2.85. The second-order valence-corrected chi connectivity index (χ2v) is 3.27. The number of pyridine rings is 1. The predicted molar refractivity (Wildman–Crippen MR) is 52.0 cm³/mol. The van der Waals surface area contributed by atoms with Crippen LogP contribution in [0.3, 0.4) is 0 Å². The van der Waals surface area contributed by atoms with Crippen LogP contribution in [0.2, 0.25) is 0 Å². The number of nitrogens with two attached hydrogens (primary N) is 2. The molecule has 0 aliphatic rings. The summed E-state index contributed by atoms with van der Waals surface area (Å²) >= 11 is 0. The highest BCUT2D eigenvalue weighted by molar-refractivity contribution is 5.37. The van der Waals surface area contributed by atoms with Gasteiger partial charge in [0.1, 0.15) is 5.82 Å². The number of aliphatic hydroxyl groups is 1. The number of hydrogen-bond acceptors (Lipinski definition) is 4. The molecule has 0 unspecified atom stereocenters. The van der Waals surface area contributed by atoms with Crippen molar-refractivity contribution in [3.8, 4) is 0 Å². The van der Waals surface area contributed by atoms with Crippen LogP contribution in [0, 0.1) is 6.92 Å². The molecule has 0 saturated carbocycles. The molecule has 0 spiro atoms. The summed E-state index contributed by atoms with van der Waals surface area (Å²) in [7, 11) is 0. The number of anilines is 1. The average molecular weight is 181 g/mol. The Morgan fingerprint density at radius 1 is 1.54 bits per heavy atom. The Morgan fingerprint density at radius 2 is 2.15 bits per heavy atom. The number of aromatic nitrogens is 1. The van der Waals surface area contributed by atoms with Crippen LogP contribution in [0.5, 0.6) is 0 Å². The fourth-order valence-electron chi connectivity index (χ4n) is 1.18. The molecule has 0 fully saturated rings. The average Bonchev–Trinajstić information content (AvgIpc) is 2.03. The molecule has 4 heteroatoms. The van der Waals surface area contributed by atoms with E-state index in [9.17, 15) is 5.11 Å². The summed E-state index contributed by atoms with van der Waals surface area (Å²) in [4.78, 5) is 3.91. The smallest absolute Gasteiger partial charge is 0.123 e. The topological polar surface area (TPSA) is 85.2 Å². The first-order valence-corrected chi connectivity index (χ1v) is 4.18. The zero-order valence-electron chi connectivity index (χ0n) is 7.86. The molecule has 2 atom stereocenters. The first-order valence-electron chi connectivity index (χ1n) is 4.18. The van der Waals surface area contributed by atoms with Crippen molar-refractivity contribution in [2.45, 2.75) is 26.0 Å². The van der Waals surface area contributed by atoms with Gasteiger partial charge >= 0.3 is 0 Å². The minimum absolute atomic E-state index is 0.302. The molecule has 1 heterocycles. The van der Waals surface area contributed by atoms with Gasteiger partial charge in [-0.1, -0.05) is 0 Å². The van der Waals surface area contributed by atoms with Crippen molar-refractivity contribution in [2.75, 3.05) is 5.73 Å². The summed E-state index contributed by atoms with van der Waals surface area (Å²) in [5.74, 6) is 0.457. The van der Waals surface area contributed by atoms with E-state index in [1.807, 2.05) is 6.92 Å². The molecule has 13 heavy (non-hydrogen) atoms. The molecule has 1 aromatic rings. The van der Waals surface area contributed by atoms with Crippen LogP contribution in [0.25, 0.3) is 0 Å². The fraction of sp³-hybridized carbons (Fsp3) is 0.444. The van der Waals surface area contributed by atoms with Crippen LogP contribution < -0.4 is 11.5 Å². The predicted octanol–water partition coefficient (Wildman–Crippen LogP) is 0.353. The lowest BCUT2D eigenvalue weighted by molar-refractivity contribution is 0.152. The standard InChI is InChI=1S/C9H15N3O/c1-5-3-8(11)12-4-7(5)9(13)6(2)10/h3-4,6,9,13H,10H2,1-2H3,(H2,11,12)/t6-,9-/m1/s1. The van der Waals surface area contributed by atoms with Crippen molar-refractivity contribution in [3.63, 3.8) is 0 Å². The van der Waals surface area contributed by atoms with Gasteiger partial charge in [-0.15, -0.1) is 0 Å². The summed E-state index contributed by atoms with van der Waals surface area (Å²) in [6.07, 6.45) is 0.895. The molecule has 72 valence electrons. The van der Waals surface area contributed by atoms with Crippen LogP contribution in [0.4, 0.5) is 5.82 Å². The highest BCUT2D eigenvalue weighted by Gasteiger charge is 2.14. The molecule has 0 aromatic carbocycles. The van der Waals surface area contributed by atoms with Crippen molar-refractivity contribution in [2.24, 2.45) is 5.73 Å². The van der Waals surface area contributed by atoms with Gasteiger partial charge in [-0.3, -0.25) is 0 Å². The van der Waals surface area contributed by atoms with E-state index in [1.54, 1.807) is 19.2 Å². The number of aryl methyl sites for hydroxylation is 1. The first-order chi connectivity index (χ1) is 6.02. The summed E-state index contributed by atoms with van der Waals surface area (Å²) < 4.78 is 0. The quantitative estimate of drug-likeness (QED) is 0.614. The van der Waals surface area contributed by atoms with Crippen LogP contribution >= 0.6 is 0 Å². The van der Waals surface area contributed by atoms with E-state index in [-0.39, 0.29) is 6.04 Å². The monoisotopic (exact) mass is 181 g/mol. The highest BCUT2D eigenvalue weighted by Crippen LogP contribution is 2.19. The first kappa shape index (κ1) is 9.95. The Morgan fingerprint density at radius 3 is 2.62 bits per heavy atom. The van der Waals surface area contributed by atoms with E-state index in [2.05, 4.69) is 4.98 Å². The summed E-state index contributed by atoms with van der Waals surface area (Å²) in [6.45, 7) is 3.62. The lowest BCUT2D eigenvalue weighted by Gasteiger charge is -2.16. The van der Waals surface area contributed by atoms with Crippen LogP contribution in [0.15, 0.2) is 12.3 Å². The van der Waals surface area contributed by atoms with E-state index in [1.165, 1.54) is 0 Å². The zero-order valence-corrected chi connectivity index (χ0v) is 7.86. The number of nitrogens with zero attached hydrogens (tertiary/aromatic N) is 1. The molecule has 0 amide bonds. The van der Waals surface area contributed by atoms with Crippen LogP contribution in [0.1, 0.15) is 24.2 Å². The molecule has 0 aliphatic carbocycles. The van der Waals surface area contributed by atoms with E-state index >= 15 is 0 Å². The van der Waals surface area contributed by atoms with E-state index in [0.717, 1.165) is 11.1 Å². The highest BCUT2D eigenvalue weighted by atomic mass is 16.3. The molecule has 1 aromatic heterocycles. The maximum atomic E-state index is 9.66. The van der Waals surface area contributed by atoms with Gasteiger partial charge in [0.25, 0.3) is 0 Å². The lowest BCUT2D eigenvalue weighted by atomic mass is 10.0. The fourth-order valence-corrected chi connectivity index (χ4v) is 1.18. The second kappa shape index (κ2) is 3.72. The zero-order chi connectivity index (χ0) is 10.0. The van der Waals surface area contributed by atoms with Crippen molar-refractivity contribution >= 4 is 5.82 Å². The maximum absolute atomic E-state index is 9.66. The van der Waals surface area contributed by atoms with E-state index < -0.39 is 6.10 Å². The minimum atomic E-state index is -0.673. The minimum Gasteiger partial charge on any atom is -0.387 e. The Balaban J connectivity index is 3.01. The van der Waals surface area contributed by atoms with Gasteiger partial charge in [0.05, 0.1) is 6.10 Å². The van der Waals surface area contributed by atoms with Gasteiger partial charge < -0.3 is 16.6 Å². The number of rotatable bonds is 2. The molecule has 1 rings (SSSR count). The van der Waals surface area contributed by atoms with E-state index in [4.69, 9.17) is 11.5 Å². The SMILES string of the molecule is Cc1cc(N)ncc1[C@H](O)[C@@H](C)N. The van der Waals surface area contributed by atoms with E-state index in [0.29, 0.717) is 5.82 Å². The Bertz CT molecular complexity index is 299. The van der Waals surface area contributed by atoms with Crippen molar-refractivity contribution in [3.05, 3.63) is 23.4 Å². The third-order valence-corrected chi connectivity index (χ3v) is 1.99. The van der Waals surface area contributed by atoms with Gasteiger partial charge in [0.15, 0.2) is 0 Å². The molecular weight excluding hydrogens is 166 g/mol. The van der Waals surface area contributed by atoms with Crippen LogP contribution in [-0.2, 0) is 0 Å². The molecule has 0 radical (unpaired) electrons. The molecule has 0 saturated heterocycles. The number of hydrogen-bond donors (Lipinski definition) is 3. The maximum Gasteiger partial charge on any atom is 0.123 e. The molecule has 0 aliphatic heterocycles. The third kappa shape index (κ3) is 2.17. The van der Waals surface area contributed by atoms with Gasteiger partial charge in [0, 0.05) is 17.8 Å². The lowest BCUT2D eigenvalue weighted by Crippen LogP contribution is -2.25. The van der Waals surface area contributed by atoms with Gasteiger partial charge in [-0.05, 0) is 25.5 Å². The largest absolute Gasteiger partial charge is 0.387 e. The second-order valence-electron chi connectivity index (χ2n) is 3.27. The van der Waals surface area contributed by atoms with Gasteiger partial charge in [0.2, 0.25) is 0 Å². The van der Waals surface area contributed by atoms with Gasteiger partial charge in [-0.2, -0.15) is 0 Å². The molecule has 0 bridgehead atoms.